The lowest BCUT2D eigenvalue weighted by Gasteiger charge is -2.18. The zero-order valence-electron chi connectivity index (χ0n) is 40.4. The molecule has 0 bridgehead atoms. The van der Waals surface area contributed by atoms with Crippen molar-refractivity contribution in [3.8, 4) is 0 Å². The smallest absolute Gasteiger partial charge is 0.306 e. The van der Waals surface area contributed by atoms with E-state index in [0.29, 0.717) is 12.8 Å². The van der Waals surface area contributed by atoms with Crippen molar-refractivity contribution in [3.63, 3.8) is 0 Å². The summed E-state index contributed by atoms with van der Waals surface area (Å²) < 4.78 is 16.7. The topological polar surface area (TPSA) is 78.9 Å². The minimum atomic E-state index is -0.813. The molecular formula is C56H94O6. The highest BCUT2D eigenvalue weighted by Gasteiger charge is 2.19. The van der Waals surface area contributed by atoms with Gasteiger partial charge in [0.1, 0.15) is 13.2 Å². The standard InChI is InChI=1S/C56H94O6/c1-4-7-10-13-16-19-22-25-27-28-29-32-34-37-40-43-46-49-55(58)61-52-53(51-60-54(57)48-45-42-39-36-33-30-24-21-18-15-12-9-6-3)62-56(59)50-47-44-41-38-35-31-26-23-20-17-14-11-8-5-2/h8,11,16-17,19-20,25-27,30-31,33,39,42,53H,4-7,9-10,12-15,18,21-24,28-29,32,34-38,40-41,43-52H2,1-3H3/b11-8-,19-16-,20-17-,27-25-,31-26-,33-30-,42-39-. The van der Waals surface area contributed by atoms with E-state index >= 15 is 0 Å². The summed E-state index contributed by atoms with van der Waals surface area (Å²) in [5.41, 5.74) is 0. The van der Waals surface area contributed by atoms with Crippen molar-refractivity contribution in [2.75, 3.05) is 13.2 Å². The molecule has 0 aromatic rings. The molecular weight excluding hydrogens is 769 g/mol. The Morgan fingerprint density at radius 2 is 0.661 bits per heavy atom. The highest BCUT2D eigenvalue weighted by atomic mass is 16.6. The lowest BCUT2D eigenvalue weighted by Crippen LogP contribution is -2.30. The predicted octanol–water partition coefficient (Wildman–Crippen LogP) is 16.8. The van der Waals surface area contributed by atoms with E-state index in [1.807, 2.05) is 6.08 Å². The van der Waals surface area contributed by atoms with E-state index in [0.717, 1.165) is 96.3 Å². The molecule has 0 fully saturated rings. The number of hydrogen-bond acceptors (Lipinski definition) is 6. The van der Waals surface area contributed by atoms with Crippen molar-refractivity contribution in [3.05, 3.63) is 85.1 Å². The van der Waals surface area contributed by atoms with E-state index in [1.165, 1.54) is 89.9 Å². The third kappa shape index (κ3) is 47.6. The van der Waals surface area contributed by atoms with Gasteiger partial charge in [-0.1, -0.05) is 196 Å². The first kappa shape index (κ1) is 58.6. The minimum Gasteiger partial charge on any atom is -0.462 e. The lowest BCUT2D eigenvalue weighted by atomic mass is 10.1. The number of rotatable bonds is 45. The zero-order valence-corrected chi connectivity index (χ0v) is 40.4. The monoisotopic (exact) mass is 863 g/mol. The van der Waals surface area contributed by atoms with E-state index in [-0.39, 0.29) is 44.0 Å². The Morgan fingerprint density at radius 1 is 0.339 bits per heavy atom. The number of ether oxygens (including phenoxy) is 3. The Labute approximate surface area is 382 Å². The maximum Gasteiger partial charge on any atom is 0.306 e. The van der Waals surface area contributed by atoms with Crippen LogP contribution in [-0.2, 0) is 28.6 Å². The van der Waals surface area contributed by atoms with Crippen LogP contribution in [0.15, 0.2) is 85.1 Å². The molecule has 1 atom stereocenters. The SMILES string of the molecule is CC/C=C\C/C=C\C/C=C\CCCCCCC(=O)OC(COC(=O)CC/C=C\C/C=C\CCCCCCCC)COC(=O)CCCCCCCCC/C=C\C/C=C\CCCCC. The summed E-state index contributed by atoms with van der Waals surface area (Å²) in [6.45, 7) is 6.41. The van der Waals surface area contributed by atoms with Crippen molar-refractivity contribution in [2.24, 2.45) is 0 Å². The maximum atomic E-state index is 12.8. The fraction of sp³-hybridized carbons (Fsp3) is 0.696. The first-order valence-electron chi connectivity index (χ1n) is 25.6. The number of hydrogen-bond donors (Lipinski definition) is 0. The number of esters is 3. The third-order valence-electron chi connectivity index (χ3n) is 10.6. The van der Waals surface area contributed by atoms with E-state index in [4.69, 9.17) is 14.2 Å². The summed E-state index contributed by atoms with van der Waals surface area (Å²) in [7, 11) is 0. The second kappa shape index (κ2) is 50.2. The summed E-state index contributed by atoms with van der Waals surface area (Å²) >= 11 is 0. The van der Waals surface area contributed by atoms with Crippen molar-refractivity contribution in [2.45, 2.75) is 239 Å². The molecule has 0 aromatic carbocycles. The summed E-state index contributed by atoms with van der Waals surface area (Å²) in [5, 5.41) is 0. The van der Waals surface area contributed by atoms with Crippen LogP contribution in [0.3, 0.4) is 0 Å². The normalized spacial score (nSPS) is 12.8. The van der Waals surface area contributed by atoms with Gasteiger partial charge in [-0.05, 0) is 103 Å². The molecule has 62 heavy (non-hydrogen) atoms. The van der Waals surface area contributed by atoms with E-state index in [2.05, 4.69) is 99.8 Å². The van der Waals surface area contributed by atoms with Crippen LogP contribution in [-0.4, -0.2) is 37.2 Å². The number of carbonyl (C=O) groups is 3. The van der Waals surface area contributed by atoms with Crippen LogP contribution in [0.1, 0.15) is 233 Å². The lowest BCUT2D eigenvalue weighted by molar-refractivity contribution is -0.166. The van der Waals surface area contributed by atoms with E-state index in [9.17, 15) is 14.4 Å². The molecule has 1 unspecified atom stereocenters. The second-order valence-corrected chi connectivity index (χ2v) is 16.7. The van der Waals surface area contributed by atoms with Crippen molar-refractivity contribution >= 4 is 17.9 Å². The van der Waals surface area contributed by atoms with Gasteiger partial charge in [0.05, 0.1) is 0 Å². The summed E-state index contributed by atoms with van der Waals surface area (Å²) in [6, 6.07) is 0. The van der Waals surface area contributed by atoms with Crippen LogP contribution in [0.25, 0.3) is 0 Å². The Hall–Kier alpha value is -3.41. The Kier molecular flexibility index (Phi) is 47.5. The molecule has 6 nitrogen and oxygen atoms in total. The third-order valence-corrected chi connectivity index (χ3v) is 10.6. The van der Waals surface area contributed by atoms with Crippen molar-refractivity contribution < 1.29 is 28.6 Å². The van der Waals surface area contributed by atoms with Gasteiger partial charge in [0.15, 0.2) is 6.10 Å². The molecule has 0 spiro atoms. The fourth-order valence-electron chi connectivity index (χ4n) is 6.77. The molecule has 0 saturated carbocycles. The van der Waals surface area contributed by atoms with Crippen LogP contribution in [0.4, 0.5) is 0 Å². The van der Waals surface area contributed by atoms with Gasteiger partial charge < -0.3 is 14.2 Å². The first-order chi connectivity index (χ1) is 30.5. The average Bonchev–Trinajstić information content (AvgIpc) is 3.27. The molecule has 354 valence electrons. The number of unbranched alkanes of at least 4 members (excludes halogenated alkanes) is 20. The second-order valence-electron chi connectivity index (χ2n) is 16.7. The summed E-state index contributed by atoms with van der Waals surface area (Å²) in [4.78, 5) is 37.9. The summed E-state index contributed by atoms with van der Waals surface area (Å²) in [5.74, 6) is -1.01. The summed E-state index contributed by atoms with van der Waals surface area (Å²) in [6.07, 6.45) is 64.3. The van der Waals surface area contributed by atoms with Crippen LogP contribution in [0.5, 0.6) is 0 Å². The largest absolute Gasteiger partial charge is 0.462 e. The molecule has 0 N–H and O–H groups in total. The predicted molar refractivity (Wildman–Crippen MR) is 265 cm³/mol. The molecule has 0 saturated heterocycles. The number of allylic oxidation sites excluding steroid dienone is 14. The maximum absolute atomic E-state index is 12.8. The van der Waals surface area contributed by atoms with Gasteiger partial charge in [0.2, 0.25) is 0 Å². The van der Waals surface area contributed by atoms with Gasteiger partial charge in [-0.3, -0.25) is 14.4 Å². The molecule has 6 heteroatoms. The van der Waals surface area contributed by atoms with Gasteiger partial charge >= 0.3 is 17.9 Å². The van der Waals surface area contributed by atoms with E-state index in [1.54, 1.807) is 0 Å². The van der Waals surface area contributed by atoms with Gasteiger partial charge in [-0.2, -0.15) is 0 Å². The molecule has 0 aliphatic rings. The van der Waals surface area contributed by atoms with Crippen LogP contribution < -0.4 is 0 Å². The Balaban J connectivity index is 4.48. The fourth-order valence-corrected chi connectivity index (χ4v) is 6.77. The zero-order chi connectivity index (χ0) is 45.1. The first-order valence-corrected chi connectivity index (χ1v) is 25.6. The average molecular weight is 863 g/mol. The molecule has 0 radical (unpaired) electrons. The molecule has 0 aliphatic heterocycles. The van der Waals surface area contributed by atoms with Gasteiger partial charge in [-0.15, -0.1) is 0 Å². The molecule has 0 amide bonds. The minimum absolute atomic E-state index is 0.108. The van der Waals surface area contributed by atoms with Crippen molar-refractivity contribution in [1.29, 1.82) is 0 Å². The van der Waals surface area contributed by atoms with Crippen LogP contribution >= 0.6 is 0 Å². The van der Waals surface area contributed by atoms with E-state index < -0.39 is 6.10 Å². The molecule has 0 aromatic heterocycles. The quantitative estimate of drug-likeness (QED) is 0.0263. The Bertz CT molecular complexity index is 1220. The number of carbonyl (C=O) groups excluding carboxylic acids is 3. The molecule has 0 heterocycles. The van der Waals surface area contributed by atoms with Crippen molar-refractivity contribution in [1.82, 2.24) is 0 Å². The highest BCUT2D eigenvalue weighted by molar-refractivity contribution is 5.71. The highest BCUT2D eigenvalue weighted by Crippen LogP contribution is 2.13. The van der Waals surface area contributed by atoms with Gasteiger partial charge in [-0.25, -0.2) is 0 Å². The van der Waals surface area contributed by atoms with Crippen LogP contribution in [0, 0.1) is 0 Å². The van der Waals surface area contributed by atoms with Crippen LogP contribution in [0.2, 0.25) is 0 Å². The van der Waals surface area contributed by atoms with Gasteiger partial charge in [0.25, 0.3) is 0 Å². The Morgan fingerprint density at radius 3 is 1.11 bits per heavy atom. The molecule has 0 aliphatic carbocycles. The molecule has 0 rings (SSSR count). The van der Waals surface area contributed by atoms with Gasteiger partial charge in [0, 0.05) is 19.3 Å².